The van der Waals surface area contributed by atoms with Gasteiger partial charge in [-0.3, -0.25) is 9.59 Å². The van der Waals surface area contributed by atoms with Crippen molar-refractivity contribution in [2.45, 2.75) is 56.1 Å². The number of nitrogens with one attached hydrogen (secondary N) is 2. The molecule has 1 aromatic carbocycles. The Labute approximate surface area is 181 Å². The lowest BCUT2D eigenvalue weighted by Crippen LogP contribution is -2.41. The van der Waals surface area contributed by atoms with Crippen LogP contribution in [0.5, 0.6) is 0 Å². The molecule has 0 spiro atoms. The first-order valence-electron chi connectivity index (χ1n) is 10.8. The van der Waals surface area contributed by atoms with Crippen molar-refractivity contribution in [1.82, 2.24) is 20.1 Å². The Morgan fingerprint density at radius 1 is 1.10 bits per heavy atom. The van der Waals surface area contributed by atoms with Gasteiger partial charge in [0, 0.05) is 24.3 Å². The van der Waals surface area contributed by atoms with Crippen LogP contribution in [0.1, 0.15) is 55.3 Å². The average molecular weight is 428 g/mol. The average Bonchev–Trinajstić information content (AvgIpc) is 3.17. The van der Waals surface area contributed by atoms with Crippen LogP contribution in [-0.4, -0.2) is 38.4 Å². The summed E-state index contributed by atoms with van der Waals surface area (Å²) < 4.78 is 1.77. The topological polar surface area (TPSA) is 88.9 Å². The molecule has 8 heteroatoms. The van der Waals surface area contributed by atoms with Gasteiger partial charge in [0.1, 0.15) is 6.33 Å². The summed E-state index contributed by atoms with van der Waals surface area (Å²) in [5.74, 6) is 1.77. The van der Waals surface area contributed by atoms with Crippen LogP contribution in [0.25, 0.3) is 0 Å². The number of amides is 2. The minimum absolute atomic E-state index is 0.0232. The molecule has 0 aliphatic heterocycles. The highest BCUT2D eigenvalue weighted by molar-refractivity contribution is 7.99. The molecule has 2 N–H and O–H groups in total. The number of aromatic nitrogens is 3. The number of hydrogen-bond donors (Lipinski definition) is 2. The van der Waals surface area contributed by atoms with Gasteiger partial charge in [-0.1, -0.05) is 37.4 Å². The van der Waals surface area contributed by atoms with E-state index >= 15 is 0 Å². The van der Waals surface area contributed by atoms with Gasteiger partial charge in [0.25, 0.3) is 5.91 Å². The Kier molecular flexibility index (Phi) is 6.72. The minimum Gasteiger partial charge on any atom is -0.349 e. The molecular weight excluding hydrogens is 398 g/mol. The molecule has 0 unspecified atom stereocenters. The number of hydrogen-bond acceptors (Lipinski definition) is 5. The van der Waals surface area contributed by atoms with Gasteiger partial charge >= 0.3 is 0 Å². The van der Waals surface area contributed by atoms with Gasteiger partial charge in [-0.15, -0.1) is 10.2 Å². The number of carbonyl (C=O) groups is 2. The van der Waals surface area contributed by atoms with E-state index in [4.69, 9.17) is 0 Å². The maximum atomic E-state index is 12.7. The molecule has 2 aliphatic carbocycles. The van der Waals surface area contributed by atoms with Crippen LogP contribution in [0.4, 0.5) is 5.69 Å². The number of nitrogens with zero attached hydrogens (tertiary/aromatic N) is 3. The molecule has 0 saturated heterocycles. The third kappa shape index (κ3) is 5.22. The molecule has 2 saturated carbocycles. The smallest absolute Gasteiger partial charge is 0.251 e. The summed E-state index contributed by atoms with van der Waals surface area (Å²) in [6.07, 6.45) is 10.5. The highest BCUT2D eigenvalue weighted by Crippen LogP contribution is 2.40. The largest absolute Gasteiger partial charge is 0.349 e. The van der Waals surface area contributed by atoms with E-state index in [0.29, 0.717) is 16.4 Å². The zero-order valence-corrected chi connectivity index (χ0v) is 18.2. The molecule has 3 atom stereocenters. The first-order chi connectivity index (χ1) is 14.6. The first kappa shape index (κ1) is 20.9. The van der Waals surface area contributed by atoms with Crippen molar-refractivity contribution in [3.8, 4) is 0 Å². The predicted molar refractivity (Wildman–Crippen MR) is 117 cm³/mol. The number of carbonyl (C=O) groups excluding carboxylic acids is 2. The summed E-state index contributed by atoms with van der Waals surface area (Å²) in [5.41, 5.74) is 1.31. The summed E-state index contributed by atoms with van der Waals surface area (Å²) in [6.45, 7) is 0. The molecule has 1 aromatic heterocycles. The van der Waals surface area contributed by atoms with Gasteiger partial charge in [-0.25, -0.2) is 0 Å². The number of thioether (sulfide) groups is 1. The van der Waals surface area contributed by atoms with Crippen LogP contribution in [0.2, 0.25) is 0 Å². The van der Waals surface area contributed by atoms with E-state index in [1.54, 1.807) is 35.2 Å². The Morgan fingerprint density at radius 3 is 2.60 bits per heavy atom. The summed E-state index contributed by atoms with van der Waals surface area (Å²) >= 11 is 1.33. The van der Waals surface area contributed by atoms with Crippen LogP contribution >= 0.6 is 11.8 Å². The van der Waals surface area contributed by atoms with E-state index in [0.717, 1.165) is 24.7 Å². The van der Waals surface area contributed by atoms with Gasteiger partial charge in [0.05, 0.1) is 5.75 Å². The fourth-order valence-electron chi connectivity index (χ4n) is 4.71. The molecule has 2 fully saturated rings. The van der Waals surface area contributed by atoms with Gasteiger partial charge in [0.15, 0.2) is 5.16 Å². The van der Waals surface area contributed by atoms with Crippen LogP contribution < -0.4 is 10.6 Å². The third-order valence-corrected chi connectivity index (χ3v) is 7.34. The lowest BCUT2D eigenvalue weighted by Gasteiger charge is -2.39. The molecule has 2 aliphatic rings. The summed E-state index contributed by atoms with van der Waals surface area (Å²) in [4.78, 5) is 24.8. The molecule has 30 heavy (non-hydrogen) atoms. The maximum absolute atomic E-state index is 12.7. The van der Waals surface area contributed by atoms with Crippen LogP contribution in [-0.2, 0) is 11.8 Å². The highest BCUT2D eigenvalue weighted by Gasteiger charge is 2.32. The minimum atomic E-state index is -0.121. The molecule has 0 bridgehead atoms. The predicted octanol–water partition coefficient (Wildman–Crippen LogP) is 3.63. The van der Waals surface area contributed by atoms with E-state index in [1.165, 1.54) is 43.9 Å². The standard InChI is InChI=1S/C22H29N5O2S/c1-27-14-23-26-22(27)30-13-20(28)24-18-9-7-16(8-10-18)21(29)25-19-11-6-15-4-2-3-5-17(15)12-19/h7-10,14-15,17,19H,2-6,11-13H2,1H3,(H,24,28)(H,25,29)/t15-,17-,19-/m1/s1. The highest BCUT2D eigenvalue weighted by atomic mass is 32.2. The van der Waals surface area contributed by atoms with Crippen molar-refractivity contribution in [2.24, 2.45) is 18.9 Å². The molecule has 2 amide bonds. The number of aryl methyl sites for hydroxylation is 1. The maximum Gasteiger partial charge on any atom is 0.251 e. The van der Waals surface area contributed by atoms with Gasteiger partial charge in [-0.2, -0.15) is 0 Å². The Balaban J connectivity index is 1.25. The lowest BCUT2D eigenvalue weighted by molar-refractivity contribution is -0.113. The Morgan fingerprint density at radius 2 is 1.87 bits per heavy atom. The quantitative estimate of drug-likeness (QED) is 0.687. The molecular formula is C22H29N5O2S. The van der Waals surface area contributed by atoms with Crippen molar-refractivity contribution in [1.29, 1.82) is 0 Å². The van der Waals surface area contributed by atoms with Gasteiger partial charge in [0.2, 0.25) is 5.91 Å². The van der Waals surface area contributed by atoms with E-state index < -0.39 is 0 Å². The first-order valence-corrected chi connectivity index (χ1v) is 11.7. The zero-order chi connectivity index (χ0) is 20.9. The molecule has 4 rings (SSSR count). The van der Waals surface area contributed by atoms with Crippen molar-refractivity contribution in [2.75, 3.05) is 11.1 Å². The second-order valence-corrected chi connectivity index (χ2v) is 9.37. The van der Waals surface area contributed by atoms with Crippen LogP contribution in [0, 0.1) is 11.8 Å². The van der Waals surface area contributed by atoms with Crippen molar-refractivity contribution in [3.63, 3.8) is 0 Å². The number of fused-ring (bicyclic) bond motifs is 1. The number of anilines is 1. The monoisotopic (exact) mass is 427 g/mol. The second-order valence-electron chi connectivity index (χ2n) is 8.43. The van der Waals surface area contributed by atoms with E-state index in [9.17, 15) is 9.59 Å². The third-order valence-electron chi connectivity index (χ3n) is 6.31. The Hall–Kier alpha value is -2.35. The lowest BCUT2D eigenvalue weighted by atomic mass is 9.69. The molecule has 2 aromatic rings. The Bertz CT molecular complexity index is 882. The normalized spacial score (nSPS) is 23.4. The summed E-state index contributed by atoms with van der Waals surface area (Å²) in [6, 6.07) is 7.38. The fourth-order valence-corrected chi connectivity index (χ4v) is 5.40. The van der Waals surface area contributed by atoms with Crippen molar-refractivity contribution >= 4 is 29.3 Å². The number of rotatable bonds is 6. The fraction of sp³-hybridized carbons (Fsp3) is 0.545. The molecule has 160 valence electrons. The molecule has 1 heterocycles. The van der Waals surface area contributed by atoms with Crippen molar-refractivity contribution in [3.05, 3.63) is 36.2 Å². The summed E-state index contributed by atoms with van der Waals surface area (Å²) in [5, 5.41) is 14.5. The van der Waals surface area contributed by atoms with E-state index in [-0.39, 0.29) is 23.6 Å². The SMILES string of the molecule is Cn1cnnc1SCC(=O)Nc1ccc(C(=O)N[C@@H]2CC[C@H]3CCCC[C@@H]3C2)cc1. The second kappa shape index (κ2) is 9.64. The van der Waals surface area contributed by atoms with Gasteiger partial charge < -0.3 is 15.2 Å². The summed E-state index contributed by atoms with van der Waals surface area (Å²) in [7, 11) is 1.84. The zero-order valence-electron chi connectivity index (χ0n) is 17.3. The van der Waals surface area contributed by atoms with E-state index in [1.807, 2.05) is 7.05 Å². The van der Waals surface area contributed by atoms with Gasteiger partial charge in [-0.05, 0) is 55.4 Å². The van der Waals surface area contributed by atoms with Crippen molar-refractivity contribution < 1.29 is 9.59 Å². The molecule has 0 radical (unpaired) electrons. The number of benzene rings is 1. The van der Waals surface area contributed by atoms with Crippen LogP contribution in [0.3, 0.4) is 0 Å². The molecule has 7 nitrogen and oxygen atoms in total. The van der Waals surface area contributed by atoms with Crippen LogP contribution in [0.15, 0.2) is 35.7 Å². The van der Waals surface area contributed by atoms with E-state index in [2.05, 4.69) is 20.8 Å².